The molecule has 0 saturated carbocycles. The Hall–Kier alpha value is -0.410. The first-order chi connectivity index (χ1) is 11.5. The Labute approximate surface area is 170 Å². The molecule has 3 nitrogen and oxygen atoms in total. The third-order valence-electron chi connectivity index (χ3n) is 5.00. The second-order valence-electron chi connectivity index (χ2n) is 12.4. The molecule has 0 amide bonds. The zero-order valence-corrected chi connectivity index (χ0v) is 20.8. The average Bonchev–Trinajstić information content (AvgIpc) is 2.30. The van der Waals surface area contributed by atoms with Gasteiger partial charge >= 0.3 is 0 Å². The normalized spacial score (nSPS) is 15.2. The van der Waals surface area contributed by atoms with Crippen LogP contribution in [-0.2, 0) is 14.3 Å². The van der Waals surface area contributed by atoms with Crippen LogP contribution >= 0.6 is 0 Å². The second kappa shape index (κ2) is 8.14. The maximum absolute atomic E-state index is 13.5. The van der Waals surface area contributed by atoms with Crippen molar-refractivity contribution < 1.29 is 14.3 Å². The minimum absolute atomic E-state index is 0.128. The van der Waals surface area contributed by atoms with Gasteiger partial charge in [0.05, 0.1) is 16.8 Å². The van der Waals surface area contributed by atoms with Gasteiger partial charge in [-0.3, -0.25) is 4.79 Å². The van der Waals surface area contributed by atoms with Crippen LogP contribution < -0.4 is 0 Å². The van der Waals surface area contributed by atoms with E-state index >= 15 is 0 Å². The lowest BCUT2D eigenvalue weighted by atomic mass is 9.73. The topological polar surface area (TPSA) is 35.5 Å². The van der Waals surface area contributed by atoms with E-state index in [1.54, 1.807) is 0 Å². The van der Waals surface area contributed by atoms with Gasteiger partial charge in [0.15, 0.2) is 5.78 Å². The van der Waals surface area contributed by atoms with E-state index in [0.717, 1.165) is 12.8 Å². The first-order valence-electron chi connectivity index (χ1n) is 10.5. The first kappa shape index (κ1) is 26.6. The summed E-state index contributed by atoms with van der Waals surface area (Å²) in [5.74, 6) is 0.128. The van der Waals surface area contributed by atoms with Crippen molar-refractivity contribution in [1.82, 2.24) is 0 Å². The number of carbonyl (C=O) groups is 1. The Morgan fingerprint density at radius 3 is 1.44 bits per heavy atom. The number of ketones is 1. The van der Waals surface area contributed by atoms with Crippen molar-refractivity contribution in [3.05, 3.63) is 0 Å². The Kier molecular flexibility index (Phi) is 8.02. The molecule has 162 valence electrons. The van der Waals surface area contributed by atoms with Gasteiger partial charge in [0.25, 0.3) is 0 Å². The third-order valence-corrected chi connectivity index (χ3v) is 5.00. The van der Waals surface area contributed by atoms with E-state index < -0.39 is 16.6 Å². The van der Waals surface area contributed by atoms with Crippen molar-refractivity contribution in [3.63, 3.8) is 0 Å². The number of Topliss-reactive ketones (excluding diaryl/α,β-unsaturated/α-hetero) is 1. The van der Waals surface area contributed by atoms with Crippen LogP contribution in [-0.4, -0.2) is 28.2 Å². The SMILES string of the molecule is CCC(C)(C)CC(C)(C)OC(C)(C)C(=O)C(C)(C)CC(C)(C)OC(C)(C)C. The maximum Gasteiger partial charge on any atom is 0.169 e. The predicted molar refractivity (Wildman–Crippen MR) is 116 cm³/mol. The quantitative estimate of drug-likeness (QED) is 0.408. The van der Waals surface area contributed by atoms with Crippen LogP contribution in [0.5, 0.6) is 0 Å². The summed E-state index contributed by atoms with van der Waals surface area (Å²) >= 11 is 0. The highest BCUT2D eigenvalue weighted by Crippen LogP contribution is 2.40. The van der Waals surface area contributed by atoms with Crippen LogP contribution in [0.1, 0.15) is 116 Å². The molecule has 27 heavy (non-hydrogen) atoms. The molecule has 0 bridgehead atoms. The summed E-state index contributed by atoms with van der Waals surface area (Å²) in [7, 11) is 0. The molecular weight excluding hydrogens is 336 g/mol. The van der Waals surface area contributed by atoms with Crippen molar-refractivity contribution in [1.29, 1.82) is 0 Å². The Morgan fingerprint density at radius 1 is 0.667 bits per heavy atom. The molecule has 0 aliphatic rings. The summed E-state index contributed by atoms with van der Waals surface area (Å²) in [5.41, 5.74) is -2.23. The molecule has 0 fully saturated rings. The largest absolute Gasteiger partial charge is 0.370 e. The number of hydrogen-bond donors (Lipinski definition) is 0. The van der Waals surface area contributed by atoms with E-state index in [1.807, 2.05) is 27.7 Å². The highest BCUT2D eigenvalue weighted by molar-refractivity contribution is 5.91. The summed E-state index contributed by atoms with van der Waals surface area (Å²) in [6.45, 7) is 29.0. The molecule has 0 unspecified atom stereocenters. The lowest BCUT2D eigenvalue weighted by Gasteiger charge is -2.44. The molecule has 0 aromatic heterocycles. The minimum Gasteiger partial charge on any atom is -0.370 e. The van der Waals surface area contributed by atoms with Gasteiger partial charge in [0.2, 0.25) is 0 Å². The summed E-state index contributed by atoms with van der Waals surface area (Å²) in [6.07, 6.45) is 2.63. The van der Waals surface area contributed by atoms with Crippen LogP contribution in [0.25, 0.3) is 0 Å². The smallest absolute Gasteiger partial charge is 0.169 e. The maximum atomic E-state index is 13.5. The van der Waals surface area contributed by atoms with Crippen molar-refractivity contribution in [3.8, 4) is 0 Å². The van der Waals surface area contributed by atoms with Gasteiger partial charge in [-0.1, -0.05) is 41.0 Å². The molecule has 0 N–H and O–H groups in total. The third kappa shape index (κ3) is 9.56. The molecule has 0 aliphatic carbocycles. The van der Waals surface area contributed by atoms with Crippen molar-refractivity contribution in [2.75, 3.05) is 0 Å². The molecule has 0 spiro atoms. The lowest BCUT2D eigenvalue weighted by molar-refractivity contribution is -0.180. The monoisotopic (exact) mass is 384 g/mol. The van der Waals surface area contributed by atoms with Gasteiger partial charge in [0.1, 0.15) is 5.60 Å². The fourth-order valence-electron chi connectivity index (χ4n) is 4.88. The predicted octanol–water partition coefficient (Wildman–Crippen LogP) is 6.97. The van der Waals surface area contributed by atoms with Gasteiger partial charge in [0, 0.05) is 5.41 Å². The summed E-state index contributed by atoms with van der Waals surface area (Å²) < 4.78 is 12.6. The lowest BCUT2D eigenvalue weighted by Crippen LogP contribution is -2.51. The molecule has 0 saturated heterocycles. The van der Waals surface area contributed by atoms with Crippen LogP contribution in [0, 0.1) is 10.8 Å². The van der Waals surface area contributed by atoms with E-state index in [1.165, 1.54) is 0 Å². The van der Waals surface area contributed by atoms with E-state index in [-0.39, 0.29) is 22.4 Å². The van der Waals surface area contributed by atoms with Gasteiger partial charge in [-0.2, -0.15) is 0 Å². The molecular formula is C24H48O3. The van der Waals surface area contributed by atoms with Gasteiger partial charge < -0.3 is 9.47 Å². The van der Waals surface area contributed by atoms with E-state index in [9.17, 15) is 4.79 Å². The van der Waals surface area contributed by atoms with Gasteiger partial charge in [-0.25, -0.2) is 0 Å². The van der Waals surface area contributed by atoms with Crippen LogP contribution in [0.2, 0.25) is 0 Å². The number of ether oxygens (including phenoxy) is 2. The zero-order valence-electron chi connectivity index (χ0n) is 20.8. The highest BCUT2D eigenvalue weighted by Gasteiger charge is 2.46. The number of carbonyl (C=O) groups excluding carboxylic acids is 1. The molecule has 0 radical (unpaired) electrons. The zero-order chi connectivity index (χ0) is 22.1. The fourth-order valence-corrected chi connectivity index (χ4v) is 4.88. The fraction of sp³-hybridized carbons (Fsp3) is 0.958. The average molecular weight is 385 g/mol. The Balaban J connectivity index is 5.36. The molecule has 3 heteroatoms. The Bertz CT molecular complexity index is 502. The van der Waals surface area contributed by atoms with Crippen molar-refractivity contribution in [2.24, 2.45) is 10.8 Å². The van der Waals surface area contributed by atoms with Gasteiger partial charge in [-0.15, -0.1) is 0 Å². The van der Waals surface area contributed by atoms with E-state index in [4.69, 9.17) is 9.47 Å². The summed E-state index contributed by atoms with van der Waals surface area (Å²) in [4.78, 5) is 13.5. The molecule has 0 aromatic rings. The summed E-state index contributed by atoms with van der Waals surface area (Å²) in [6, 6.07) is 0. The second-order valence-corrected chi connectivity index (χ2v) is 12.4. The molecule has 0 aromatic carbocycles. The van der Waals surface area contributed by atoms with Crippen LogP contribution in [0.15, 0.2) is 0 Å². The standard InChI is InChI=1S/C24H48O3/c1-15-20(5,6)16-22(9,10)27-24(13,14)18(25)21(7,8)17-23(11,12)26-19(2,3)4/h15-17H2,1-14H3. The van der Waals surface area contributed by atoms with E-state index in [0.29, 0.717) is 6.42 Å². The molecule has 0 heterocycles. The minimum atomic E-state index is -0.853. The van der Waals surface area contributed by atoms with Crippen LogP contribution in [0.3, 0.4) is 0 Å². The van der Waals surface area contributed by atoms with Crippen LogP contribution in [0.4, 0.5) is 0 Å². The molecule has 0 aliphatic heterocycles. The van der Waals surface area contributed by atoms with E-state index in [2.05, 4.69) is 69.2 Å². The summed E-state index contributed by atoms with van der Waals surface area (Å²) in [5, 5.41) is 0. The first-order valence-corrected chi connectivity index (χ1v) is 10.5. The number of hydrogen-bond acceptors (Lipinski definition) is 3. The highest BCUT2D eigenvalue weighted by atomic mass is 16.5. The van der Waals surface area contributed by atoms with Crippen molar-refractivity contribution in [2.45, 2.75) is 139 Å². The Morgan fingerprint density at radius 2 is 1.07 bits per heavy atom. The molecule has 0 rings (SSSR count). The number of rotatable bonds is 10. The van der Waals surface area contributed by atoms with Gasteiger partial charge in [-0.05, 0) is 80.6 Å². The molecule has 0 atom stereocenters. The van der Waals surface area contributed by atoms with Crippen molar-refractivity contribution >= 4 is 5.78 Å².